The largest absolute Gasteiger partial charge is 0.473 e. The molecule has 1 atom stereocenters. The van der Waals surface area contributed by atoms with Crippen LogP contribution in [0.5, 0.6) is 0 Å². The normalized spacial score (nSPS) is 11.3. The Bertz CT molecular complexity index is 955. The lowest BCUT2D eigenvalue weighted by atomic mass is 10.0. The molecule has 0 fully saturated rings. The number of carbonyl (C=O) groups is 2. The Morgan fingerprint density at radius 2 is 1.69 bits per heavy atom. The van der Waals surface area contributed by atoms with E-state index in [9.17, 15) is 0 Å². The number of hydrogen-bond acceptors (Lipinski definition) is 4. The minimum absolute atomic E-state index is 0.304. The van der Waals surface area contributed by atoms with Crippen LogP contribution in [0.1, 0.15) is 35.2 Å². The molecule has 1 heterocycles. The second kappa shape index (κ2) is 10.2. The summed E-state index contributed by atoms with van der Waals surface area (Å²) in [5.41, 5.74) is 7.38. The van der Waals surface area contributed by atoms with E-state index < -0.39 is 11.9 Å². The molecule has 0 saturated heterocycles. The van der Waals surface area contributed by atoms with E-state index in [2.05, 4.69) is 78.7 Å². The third-order valence-corrected chi connectivity index (χ3v) is 4.59. The highest BCUT2D eigenvalue weighted by Crippen LogP contribution is 2.24. The molecule has 29 heavy (non-hydrogen) atoms. The van der Waals surface area contributed by atoms with E-state index in [0.29, 0.717) is 6.04 Å². The van der Waals surface area contributed by atoms with Gasteiger partial charge in [-0.2, -0.15) is 5.10 Å². The van der Waals surface area contributed by atoms with Gasteiger partial charge >= 0.3 is 11.9 Å². The minimum atomic E-state index is -1.82. The lowest BCUT2D eigenvalue weighted by Crippen LogP contribution is -2.18. The summed E-state index contributed by atoms with van der Waals surface area (Å²) in [7, 11) is 0. The maximum absolute atomic E-state index is 9.10. The summed E-state index contributed by atoms with van der Waals surface area (Å²) < 4.78 is 0. The molecule has 4 N–H and O–H groups in total. The van der Waals surface area contributed by atoms with Crippen molar-refractivity contribution in [3.05, 3.63) is 77.0 Å². The Hall–Kier alpha value is -3.45. The molecule has 1 unspecified atom stereocenters. The molecular weight excluding hydrogens is 370 g/mol. The van der Waals surface area contributed by atoms with Crippen molar-refractivity contribution in [3.8, 4) is 11.3 Å². The van der Waals surface area contributed by atoms with Gasteiger partial charge in [-0.05, 0) is 43.5 Å². The number of benzene rings is 2. The lowest BCUT2D eigenvalue weighted by molar-refractivity contribution is -0.159. The minimum Gasteiger partial charge on any atom is -0.473 e. The van der Waals surface area contributed by atoms with Gasteiger partial charge in [-0.15, -0.1) is 0 Å². The van der Waals surface area contributed by atoms with E-state index in [0.717, 1.165) is 12.2 Å². The summed E-state index contributed by atoms with van der Waals surface area (Å²) in [6.07, 6.45) is 1.91. The fraction of sp³-hybridized carbons (Fsp3) is 0.227. The van der Waals surface area contributed by atoms with Gasteiger partial charge in [-0.3, -0.25) is 5.10 Å². The van der Waals surface area contributed by atoms with E-state index in [1.807, 2.05) is 12.3 Å². The van der Waals surface area contributed by atoms with E-state index in [1.165, 1.54) is 27.8 Å². The molecule has 1 aromatic heterocycles. The van der Waals surface area contributed by atoms with Crippen LogP contribution in [0.3, 0.4) is 0 Å². The smallest absolute Gasteiger partial charge is 0.414 e. The van der Waals surface area contributed by atoms with Crippen molar-refractivity contribution in [3.63, 3.8) is 0 Å². The number of aryl methyl sites for hydroxylation is 2. The van der Waals surface area contributed by atoms with E-state index in [4.69, 9.17) is 19.8 Å². The molecule has 0 amide bonds. The van der Waals surface area contributed by atoms with Gasteiger partial charge in [0.25, 0.3) is 0 Å². The van der Waals surface area contributed by atoms with Crippen molar-refractivity contribution < 1.29 is 19.8 Å². The summed E-state index contributed by atoms with van der Waals surface area (Å²) in [4.78, 5) is 18.2. The first-order valence-electron chi connectivity index (χ1n) is 9.14. The van der Waals surface area contributed by atoms with Gasteiger partial charge in [-0.1, -0.05) is 42.5 Å². The van der Waals surface area contributed by atoms with Gasteiger partial charge in [0.1, 0.15) is 0 Å². The molecule has 7 heteroatoms. The number of nitrogens with zero attached hydrogens (tertiary/aromatic N) is 1. The third kappa shape index (κ3) is 6.29. The predicted octanol–water partition coefficient (Wildman–Crippen LogP) is 3.70. The van der Waals surface area contributed by atoms with Crippen molar-refractivity contribution in [2.75, 3.05) is 0 Å². The van der Waals surface area contributed by atoms with Gasteiger partial charge in [0.05, 0.1) is 11.9 Å². The van der Waals surface area contributed by atoms with Gasteiger partial charge in [0.2, 0.25) is 0 Å². The molecule has 0 bridgehead atoms. The molecule has 0 aliphatic rings. The zero-order valence-corrected chi connectivity index (χ0v) is 16.6. The van der Waals surface area contributed by atoms with Crippen LogP contribution in [0.4, 0.5) is 0 Å². The number of hydrogen-bond donors (Lipinski definition) is 4. The standard InChI is InChI=1S/C20H23N3.C2H2O4/c1-14-9-10-18(11-15(14)2)20-19(13-22-23-20)12-21-16(3)17-7-5-4-6-8-17;3-1(4)2(5)6/h4-11,13,16,21H,12H2,1-3H3,(H,22,23);(H,3,4)(H,5,6). The third-order valence-electron chi connectivity index (χ3n) is 4.59. The summed E-state index contributed by atoms with van der Waals surface area (Å²) in [5.74, 6) is -3.65. The van der Waals surface area contributed by atoms with Gasteiger partial charge < -0.3 is 15.5 Å². The quantitative estimate of drug-likeness (QED) is 0.490. The Balaban J connectivity index is 0.000000438. The fourth-order valence-corrected chi connectivity index (χ4v) is 2.71. The van der Waals surface area contributed by atoms with E-state index in [1.54, 1.807) is 0 Å². The van der Waals surface area contributed by atoms with Crippen LogP contribution in [0.2, 0.25) is 0 Å². The summed E-state index contributed by atoms with van der Waals surface area (Å²) in [6.45, 7) is 7.25. The number of aromatic amines is 1. The highest BCUT2D eigenvalue weighted by atomic mass is 16.4. The van der Waals surface area contributed by atoms with Gasteiger partial charge in [0, 0.05) is 23.7 Å². The van der Waals surface area contributed by atoms with Crippen molar-refractivity contribution >= 4 is 11.9 Å². The lowest BCUT2D eigenvalue weighted by Gasteiger charge is -2.14. The number of H-pyrrole nitrogens is 1. The first-order chi connectivity index (χ1) is 13.8. The maximum atomic E-state index is 9.10. The monoisotopic (exact) mass is 395 g/mol. The van der Waals surface area contributed by atoms with Crippen LogP contribution in [0.25, 0.3) is 11.3 Å². The molecule has 2 aromatic carbocycles. The first-order valence-corrected chi connectivity index (χ1v) is 9.14. The SMILES string of the molecule is Cc1ccc(-c2[nH]ncc2CNC(C)c2ccccc2)cc1C.O=C(O)C(=O)O. The number of carboxylic acid groups (broad SMARTS) is 2. The molecule has 3 rings (SSSR count). The second-order valence-electron chi connectivity index (χ2n) is 6.69. The molecule has 0 saturated carbocycles. The van der Waals surface area contributed by atoms with Gasteiger partial charge in [0.15, 0.2) is 0 Å². The highest BCUT2D eigenvalue weighted by Gasteiger charge is 2.10. The second-order valence-corrected chi connectivity index (χ2v) is 6.69. The molecule has 3 aromatic rings. The van der Waals surface area contributed by atoms with Crippen LogP contribution < -0.4 is 5.32 Å². The molecule has 0 aliphatic heterocycles. The highest BCUT2D eigenvalue weighted by molar-refractivity contribution is 6.27. The fourth-order valence-electron chi connectivity index (χ4n) is 2.71. The van der Waals surface area contributed by atoms with E-state index in [-0.39, 0.29) is 0 Å². The van der Waals surface area contributed by atoms with E-state index >= 15 is 0 Å². The zero-order chi connectivity index (χ0) is 21.4. The van der Waals surface area contributed by atoms with Crippen LogP contribution in [-0.4, -0.2) is 32.3 Å². The number of carboxylic acids is 2. The average molecular weight is 395 g/mol. The molecular formula is C22H25N3O4. The van der Waals surface area contributed by atoms with Crippen molar-refractivity contribution in [2.24, 2.45) is 0 Å². The number of aromatic nitrogens is 2. The Morgan fingerprint density at radius 3 is 2.28 bits per heavy atom. The van der Waals surface area contributed by atoms with Gasteiger partial charge in [-0.25, -0.2) is 9.59 Å². The first kappa shape index (κ1) is 21.8. The average Bonchev–Trinajstić information content (AvgIpc) is 3.18. The summed E-state index contributed by atoms with van der Waals surface area (Å²) >= 11 is 0. The predicted molar refractivity (Wildman–Crippen MR) is 110 cm³/mol. The van der Waals surface area contributed by atoms with Crippen LogP contribution in [0.15, 0.2) is 54.7 Å². The Kier molecular flexibility index (Phi) is 7.68. The van der Waals surface area contributed by atoms with Crippen molar-refractivity contribution in [2.45, 2.75) is 33.4 Å². The maximum Gasteiger partial charge on any atom is 0.414 e. The van der Waals surface area contributed by atoms with Crippen LogP contribution >= 0.6 is 0 Å². The van der Waals surface area contributed by atoms with Crippen molar-refractivity contribution in [1.82, 2.24) is 15.5 Å². The molecule has 0 spiro atoms. The molecule has 7 nitrogen and oxygen atoms in total. The summed E-state index contributed by atoms with van der Waals surface area (Å²) in [6, 6.07) is 17.3. The number of aliphatic carboxylic acids is 2. The molecule has 0 radical (unpaired) electrons. The number of nitrogens with one attached hydrogen (secondary N) is 2. The summed E-state index contributed by atoms with van der Waals surface area (Å²) in [5, 5.41) is 25.7. The van der Waals surface area contributed by atoms with Crippen LogP contribution in [-0.2, 0) is 16.1 Å². The zero-order valence-electron chi connectivity index (χ0n) is 16.6. The molecule has 152 valence electrons. The molecule has 0 aliphatic carbocycles. The topological polar surface area (TPSA) is 115 Å². The number of rotatable bonds is 5. The Labute approximate surface area is 169 Å². The Morgan fingerprint density at radius 1 is 1.03 bits per heavy atom. The van der Waals surface area contributed by atoms with Crippen LogP contribution in [0, 0.1) is 13.8 Å². The van der Waals surface area contributed by atoms with Crippen molar-refractivity contribution in [1.29, 1.82) is 0 Å².